The Labute approximate surface area is 102 Å². The van der Waals surface area contributed by atoms with Gasteiger partial charge in [-0.3, -0.25) is 0 Å². The van der Waals surface area contributed by atoms with Gasteiger partial charge in [-0.25, -0.2) is 13.8 Å². The third-order valence-electron chi connectivity index (χ3n) is 2.38. The van der Waals surface area contributed by atoms with Crippen LogP contribution in [-0.4, -0.2) is 4.98 Å². The topological polar surface area (TPSA) is 24.9 Å². The molecule has 0 bridgehead atoms. The predicted molar refractivity (Wildman–Crippen MR) is 65.2 cm³/mol. The summed E-state index contributed by atoms with van der Waals surface area (Å²) < 4.78 is 26.4. The molecule has 2 aromatic rings. The lowest BCUT2D eigenvalue weighted by Gasteiger charge is -2.13. The molecule has 0 saturated carbocycles. The molecule has 1 unspecified atom stereocenters. The van der Waals surface area contributed by atoms with E-state index in [9.17, 15) is 8.78 Å². The van der Waals surface area contributed by atoms with Crippen LogP contribution in [0, 0.1) is 18.6 Å². The number of nitrogens with zero attached hydrogens (tertiary/aromatic N) is 1. The summed E-state index contributed by atoms with van der Waals surface area (Å²) in [6, 6.07) is 3.19. The Kier molecular flexibility index (Phi) is 3.38. The van der Waals surface area contributed by atoms with Crippen LogP contribution < -0.4 is 5.32 Å². The van der Waals surface area contributed by atoms with Crippen molar-refractivity contribution in [1.82, 2.24) is 4.98 Å². The maximum Gasteiger partial charge on any atom is 0.146 e. The van der Waals surface area contributed by atoms with Gasteiger partial charge in [0, 0.05) is 5.38 Å². The SMILES string of the molecule is Cc1nc(C(C)Nc2cc(F)ccc2F)cs1. The van der Waals surface area contributed by atoms with Crippen molar-refractivity contribution in [3.05, 3.63) is 45.9 Å². The van der Waals surface area contributed by atoms with Gasteiger partial charge in [-0.1, -0.05) is 0 Å². The summed E-state index contributed by atoms with van der Waals surface area (Å²) in [6.07, 6.45) is 0. The lowest BCUT2D eigenvalue weighted by atomic mass is 10.2. The third-order valence-corrected chi connectivity index (χ3v) is 3.17. The molecule has 1 N–H and O–H groups in total. The quantitative estimate of drug-likeness (QED) is 0.898. The molecule has 5 heteroatoms. The zero-order chi connectivity index (χ0) is 12.4. The first-order chi connectivity index (χ1) is 8.06. The normalized spacial score (nSPS) is 12.5. The van der Waals surface area contributed by atoms with Crippen molar-refractivity contribution < 1.29 is 8.78 Å². The molecule has 2 rings (SSSR count). The lowest BCUT2D eigenvalue weighted by Crippen LogP contribution is -2.08. The fraction of sp³-hybridized carbons (Fsp3) is 0.250. The molecule has 1 aromatic heterocycles. The predicted octanol–water partition coefficient (Wildman–Crippen LogP) is 3.90. The van der Waals surface area contributed by atoms with Crippen molar-refractivity contribution in [1.29, 1.82) is 0 Å². The molecule has 1 atom stereocenters. The second kappa shape index (κ2) is 4.79. The zero-order valence-corrected chi connectivity index (χ0v) is 10.3. The standard InChI is InChI=1S/C12H12F2N2S/c1-7(12-6-17-8(2)16-12)15-11-5-9(13)3-4-10(11)14/h3-7,15H,1-2H3. The molecular formula is C12H12F2N2S. The Morgan fingerprint density at radius 1 is 1.35 bits per heavy atom. The minimum atomic E-state index is -0.467. The first-order valence-electron chi connectivity index (χ1n) is 5.20. The molecule has 0 spiro atoms. The van der Waals surface area contributed by atoms with E-state index in [-0.39, 0.29) is 11.7 Å². The van der Waals surface area contributed by atoms with Gasteiger partial charge in [0.15, 0.2) is 0 Å². The minimum absolute atomic E-state index is 0.156. The van der Waals surface area contributed by atoms with Crippen molar-refractivity contribution in [3.8, 4) is 0 Å². The number of aromatic nitrogens is 1. The number of benzene rings is 1. The zero-order valence-electron chi connectivity index (χ0n) is 9.50. The molecule has 17 heavy (non-hydrogen) atoms. The highest BCUT2D eigenvalue weighted by Crippen LogP contribution is 2.23. The molecule has 1 heterocycles. The van der Waals surface area contributed by atoms with E-state index in [1.165, 1.54) is 11.3 Å². The van der Waals surface area contributed by atoms with Gasteiger partial charge in [0.2, 0.25) is 0 Å². The minimum Gasteiger partial charge on any atom is -0.374 e. The van der Waals surface area contributed by atoms with E-state index in [0.717, 1.165) is 28.9 Å². The van der Waals surface area contributed by atoms with Gasteiger partial charge in [-0.15, -0.1) is 11.3 Å². The average molecular weight is 254 g/mol. The molecule has 0 fully saturated rings. The van der Waals surface area contributed by atoms with E-state index in [1.807, 2.05) is 19.2 Å². The number of hydrogen-bond acceptors (Lipinski definition) is 3. The molecule has 0 aliphatic rings. The molecule has 2 nitrogen and oxygen atoms in total. The van der Waals surface area contributed by atoms with Gasteiger partial charge >= 0.3 is 0 Å². The van der Waals surface area contributed by atoms with Crippen LogP contribution in [0.2, 0.25) is 0 Å². The van der Waals surface area contributed by atoms with Gasteiger partial charge in [-0.2, -0.15) is 0 Å². The highest BCUT2D eigenvalue weighted by Gasteiger charge is 2.11. The van der Waals surface area contributed by atoms with Crippen LogP contribution in [0.4, 0.5) is 14.5 Å². The summed E-state index contributed by atoms with van der Waals surface area (Å²) >= 11 is 1.53. The largest absolute Gasteiger partial charge is 0.374 e. The van der Waals surface area contributed by atoms with E-state index in [0.29, 0.717) is 0 Å². The van der Waals surface area contributed by atoms with Crippen LogP contribution >= 0.6 is 11.3 Å². The number of rotatable bonds is 3. The molecule has 1 aromatic carbocycles. The van der Waals surface area contributed by atoms with Crippen LogP contribution in [0.5, 0.6) is 0 Å². The lowest BCUT2D eigenvalue weighted by molar-refractivity contribution is 0.600. The molecule has 0 radical (unpaired) electrons. The van der Waals surface area contributed by atoms with Crippen molar-refractivity contribution in [2.24, 2.45) is 0 Å². The van der Waals surface area contributed by atoms with Crippen LogP contribution in [0.15, 0.2) is 23.6 Å². The van der Waals surface area contributed by atoms with Gasteiger partial charge in [0.05, 0.1) is 22.4 Å². The molecule has 0 saturated heterocycles. The Balaban J connectivity index is 2.18. The van der Waals surface area contributed by atoms with Gasteiger partial charge in [0.25, 0.3) is 0 Å². The smallest absolute Gasteiger partial charge is 0.146 e. The Morgan fingerprint density at radius 2 is 2.12 bits per heavy atom. The second-order valence-corrected chi connectivity index (χ2v) is 4.84. The Hall–Kier alpha value is -1.49. The number of halogens is 2. The summed E-state index contributed by atoms with van der Waals surface area (Å²) in [4.78, 5) is 4.30. The first kappa shape index (κ1) is 12.0. The summed E-state index contributed by atoms with van der Waals surface area (Å²) in [5, 5.41) is 5.77. The maximum atomic E-state index is 13.4. The molecule has 90 valence electrons. The highest BCUT2D eigenvalue weighted by molar-refractivity contribution is 7.09. The van der Waals surface area contributed by atoms with E-state index in [4.69, 9.17) is 0 Å². The number of anilines is 1. The number of thiazole rings is 1. The van der Waals surface area contributed by atoms with Gasteiger partial charge < -0.3 is 5.32 Å². The summed E-state index contributed by atoms with van der Waals surface area (Å²) in [5.74, 6) is -0.930. The van der Waals surface area contributed by atoms with Crippen LogP contribution in [0.3, 0.4) is 0 Å². The molecule has 0 amide bonds. The van der Waals surface area contributed by atoms with Gasteiger partial charge in [0.1, 0.15) is 11.6 Å². The summed E-state index contributed by atoms with van der Waals surface area (Å²) in [6.45, 7) is 3.77. The van der Waals surface area contributed by atoms with E-state index in [2.05, 4.69) is 10.3 Å². The number of hydrogen-bond donors (Lipinski definition) is 1. The second-order valence-electron chi connectivity index (χ2n) is 3.78. The third kappa shape index (κ3) is 2.79. The number of aryl methyl sites for hydroxylation is 1. The van der Waals surface area contributed by atoms with Crippen molar-refractivity contribution in [2.75, 3.05) is 5.32 Å². The first-order valence-corrected chi connectivity index (χ1v) is 6.08. The maximum absolute atomic E-state index is 13.4. The average Bonchev–Trinajstić information content (AvgIpc) is 2.70. The van der Waals surface area contributed by atoms with Crippen molar-refractivity contribution in [2.45, 2.75) is 19.9 Å². The Bertz CT molecular complexity index is 525. The van der Waals surface area contributed by atoms with E-state index < -0.39 is 11.6 Å². The molecular weight excluding hydrogens is 242 g/mol. The van der Waals surface area contributed by atoms with Crippen LogP contribution in [0.1, 0.15) is 23.7 Å². The van der Waals surface area contributed by atoms with E-state index in [1.54, 1.807) is 0 Å². The summed E-state index contributed by atoms with van der Waals surface area (Å²) in [5.41, 5.74) is 0.985. The fourth-order valence-corrected chi connectivity index (χ4v) is 2.20. The van der Waals surface area contributed by atoms with Crippen LogP contribution in [0.25, 0.3) is 0 Å². The molecule has 0 aliphatic carbocycles. The molecule has 0 aliphatic heterocycles. The highest BCUT2D eigenvalue weighted by atomic mass is 32.1. The van der Waals surface area contributed by atoms with E-state index >= 15 is 0 Å². The number of nitrogens with one attached hydrogen (secondary N) is 1. The Morgan fingerprint density at radius 3 is 2.76 bits per heavy atom. The monoisotopic (exact) mass is 254 g/mol. The van der Waals surface area contributed by atoms with Crippen LogP contribution in [-0.2, 0) is 0 Å². The van der Waals surface area contributed by atoms with Crippen molar-refractivity contribution in [3.63, 3.8) is 0 Å². The van der Waals surface area contributed by atoms with Crippen molar-refractivity contribution >= 4 is 17.0 Å². The van der Waals surface area contributed by atoms with Gasteiger partial charge in [-0.05, 0) is 32.0 Å². The summed E-state index contributed by atoms with van der Waals surface area (Å²) in [7, 11) is 0. The fourth-order valence-electron chi connectivity index (χ4n) is 1.49.